The molecule has 0 fully saturated rings. The van der Waals surface area contributed by atoms with Crippen molar-refractivity contribution in [3.05, 3.63) is 125 Å². The van der Waals surface area contributed by atoms with E-state index in [4.69, 9.17) is 2.74 Å². The van der Waals surface area contributed by atoms with Crippen molar-refractivity contribution in [3.63, 3.8) is 0 Å². The van der Waals surface area contributed by atoms with Gasteiger partial charge < -0.3 is 0 Å². The molecule has 0 heterocycles. The first-order valence-corrected chi connectivity index (χ1v) is 8.13. The summed E-state index contributed by atoms with van der Waals surface area (Å²) >= 11 is 0. The van der Waals surface area contributed by atoms with Gasteiger partial charge in [-0.05, 0) is 16.6 Å². The summed E-state index contributed by atoms with van der Waals surface area (Å²) in [5, 5.41) is 0. The molecule has 3 aromatic carbocycles. The fraction of sp³-hybridized carbons (Fsp3) is 0.0833. The Labute approximate surface area is 184 Å². The number of allylic oxidation sites excluding steroid dienone is 1. The van der Waals surface area contributed by atoms with Crippen molar-refractivity contribution in [2.75, 3.05) is 0 Å². The largest absolute Gasteiger partial charge is 1.00 e. The number of aryl methyl sites for hydroxylation is 2. The van der Waals surface area contributed by atoms with Gasteiger partial charge in [0.05, 0.1) is 0 Å². The Morgan fingerprint density at radius 1 is 0.731 bits per heavy atom. The van der Waals surface area contributed by atoms with Gasteiger partial charge >= 0.3 is 37.7 Å². The third kappa shape index (κ3) is 6.92. The van der Waals surface area contributed by atoms with Gasteiger partial charge in [0.15, 0.2) is 0 Å². The van der Waals surface area contributed by atoms with Crippen molar-refractivity contribution < 1.29 is 40.5 Å². The van der Waals surface area contributed by atoms with Crippen LogP contribution in [0.2, 0.25) is 0 Å². The molecule has 0 saturated heterocycles. The van der Waals surface area contributed by atoms with Crippen molar-refractivity contribution in [3.8, 4) is 0 Å². The van der Waals surface area contributed by atoms with Crippen LogP contribution >= 0.6 is 0 Å². The van der Waals surface area contributed by atoms with Crippen LogP contribution in [-0.4, -0.2) is 0 Å². The molecule has 0 N–H and O–H groups in total. The van der Waals surface area contributed by atoms with Gasteiger partial charge in [0, 0.05) is 0 Å². The molecule has 120 valence electrons. The molecule has 0 atom stereocenters. The molecule has 0 aliphatic heterocycles. The molecule has 0 nitrogen and oxygen atoms in total. The maximum Gasteiger partial charge on any atom is 1.00 e. The minimum atomic E-state index is 0. The maximum absolute atomic E-state index is 8.71. The molecule has 0 radical (unpaired) electrons. The molecule has 3 rings (SSSR count). The van der Waals surface area contributed by atoms with Crippen LogP contribution in [0.3, 0.4) is 0 Å². The third-order valence-corrected chi connectivity index (χ3v) is 3.66. The number of hydrogen-bond donors (Lipinski definition) is 0. The van der Waals surface area contributed by atoms with Gasteiger partial charge in [0.25, 0.3) is 0 Å². The van der Waals surface area contributed by atoms with E-state index in [0.717, 1.165) is 16.7 Å². The Kier molecular flexibility index (Phi) is 8.18. The van der Waals surface area contributed by atoms with E-state index in [0.29, 0.717) is 18.4 Å². The third-order valence-electron chi connectivity index (χ3n) is 3.66. The van der Waals surface area contributed by atoms with Crippen molar-refractivity contribution in [1.82, 2.24) is 0 Å². The SMILES string of the molecule is [2H][C-](C(=Cc1cc(C)cc(C)c1)[C-]([2H])c1ccccc1)c1ccccc1.[Li+].[Li+]. The number of rotatable bonds is 5. The van der Waals surface area contributed by atoms with Crippen molar-refractivity contribution >= 4 is 6.08 Å². The van der Waals surface area contributed by atoms with Gasteiger partial charge in [-0.25, -0.2) is 17.5 Å². The monoisotopic (exact) mass is 326 g/mol. The van der Waals surface area contributed by atoms with E-state index in [1.807, 2.05) is 66.7 Å². The van der Waals surface area contributed by atoms with E-state index in [1.165, 1.54) is 11.1 Å². The van der Waals surface area contributed by atoms with E-state index in [2.05, 4.69) is 32.0 Å². The van der Waals surface area contributed by atoms with Crippen LogP contribution in [0.4, 0.5) is 0 Å². The first-order valence-electron chi connectivity index (χ1n) is 9.13. The molecule has 0 amide bonds. The molecular formula is C24H22Li2. The van der Waals surface area contributed by atoms with E-state index in [9.17, 15) is 0 Å². The maximum atomic E-state index is 8.71. The quantitative estimate of drug-likeness (QED) is 0.464. The van der Waals surface area contributed by atoms with Gasteiger partial charge in [-0.3, -0.25) is 0 Å². The molecule has 0 aromatic heterocycles. The summed E-state index contributed by atoms with van der Waals surface area (Å²) in [5.41, 5.74) is 5.60. The minimum absolute atomic E-state index is 0. The zero-order chi connectivity index (χ0) is 18.5. The summed E-state index contributed by atoms with van der Waals surface area (Å²) in [6.45, 7) is 4.13. The summed E-state index contributed by atoms with van der Waals surface area (Å²) in [7, 11) is 0. The predicted octanol–water partition coefficient (Wildman–Crippen LogP) is 0.200. The van der Waals surface area contributed by atoms with Crippen LogP contribution in [0.15, 0.2) is 84.4 Å². The Morgan fingerprint density at radius 2 is 1.15 bits per heavy atom. The fourth-order valence-corrected chi connectivity index (χ4v) is 2.72. The molecule has 3 aromatic rings. The van der Waals surface area contributed by atoms with Crippen LogP contribution in [0.1, 0.15) is 30.6 Å². The molecule has 2 heteroatoms. The summed E-state index contributed by atoms with van der Waals surface area (Å²) in [6.07, 6.45) is 2.67. The van der Waals surface area contributed by atoms with Crippen LogP contribution in [0, 0.1) is 26.6 Å². The second-order valence-electron chi connectivity index (χ2n) is 5.96. The molecule has 0 aliphatic rings. The molecule has 0 spiro atoms. The van der Waals surface area contributed by atoms with E-state index in [1.54, 1.807) is 0 Å². The van der Waals surface area contributed by atoms with Crippen LogP contribution in [0.5, 0.6) is 0 Å². The average Bonchev–Trinajstić information content (AvgIpc) is 2.66. The first kappa shape index (κ1) is 19.1. The molecule has 26 heavy (non-hydrogen) atoms. The Balaban J connectivity index is 0.00000196. The van der Waals surface area contributed by atoms with Gasteiger partial charge in [0.1, 0.15) is 0 Å². The Morgan fingerprint density at radius 3 is 1.58 bits per heavy atom. The standard InChI is InChI=1S/C24H22.2Li/c1-19-13-20(2)15-23(14-19)18-24(16-21-9-5-3-6-10-21)17-22-11-7-4-8-12-22;;/h3-18H,1-2H3;;/q-2;2*+1/i16D,17D;;. The second kappa shape index (κ2) is 11.1. The van der Waals surface area contributed by atoms with Crippen LogP contribution in [-0.2, 0) is 0 Å². The smallest absolute Gasteiger partial charge is 0.223 e. The zero-order valence-electron chi connectivity index (χ0n) is 18.1. The molecule has 0 aliphatic carbocycles. The zero-order valence-corrected chi connectivity index (χ0v) is 16.1. The van der Waals surface area contributed by atoms with Gasteiger partial charge in [-0.1, -0.05) is 76.9 Å². The van der Waals surface area contributed by atoms with E-state index < -0.39 is 0 Å². The van der Waals surface area contributed by atoms with Crippen LogP contribution in [0.25, 0.3) is 6.08 Å². The Hall–Kier alpha value is -1.67. The number of hydrogen-bond acceptors (Lipinski definition) is 0. The van der Waals surface area contributed by atoms with Gasteiger partial charge in [0.2, 0.25) is 0 Å². The summed E-state index contributed by atoms with van der Waals surface area (Å²) in [4.78, 5) is 0. The summed E-state index contributed by atoms with van der Waals surface area (Å²) in [5.74, 6) is 0. The van der Waals surface area contributed by atoms with Crippen molar-refractivity contribution in [1.29, 1.82) is 0 Å². The van der Waals surface area contributed by atoms with Gasteiger partial charge in [-0.15, -0.1) is 12.1 Å². The van der Waals surface area contributed by atoms with E-state index in [-0.39, 0.29) is 37.7 Å². The topological polar surface area (TPSA) is 0 Å². The first-order chi connectivity index (χ1) is 12.5. The normalized spacial score (nSPS) is 10.4. The second-order valence-corrected chi connectivity index (χ2v) is 5.96. The van der Waals surface area contributed by atoms with E-state index >= 15 is 0 Å². The minimum Gasteiger partial charge on any atom is -0.223 e. The van der Waals surface area contributed by atoms with Crippen molar-refractivity contribution in [2.24, 2.45) is 0 Å². The molecular weight excluding hydrogens is 302 g/mol. The fourth-order valence-electron chi connectivity index (χ4n) is 2.72. The molecule has 0 unspecified atom stereocenters. The van der Waals surface area contributed by atoms with Gasteiger partial charge in [-0.2, -0.15) is 24.6 Å². The average molecular weight is 326 g/mol. The number of benzene rings is 3. The predicted molar refractivity (Wildman–Crippen MR) is 104 cm³/mol. The summed E-state index contributed by atoms with van der Waals surface area (Å²) in [6, 6.07) is 25.5. The molecule has 0 bridgehead atoms. The van der Waals surface area contributed by atoms with Crippen molar-refractivity contribution in [2.45, 2.75) is 13.8 Å². The summed E-state index contributed by atoms with van der Waals surface area (Å²) < 4.78 is 17.4. The molecule has 0 saturated carbocycles. The van der Waals surface area contributed by atoms with Crippen LogP contribution < -0.4 is 37.7 Å². The Bertz CT molecular complexity index is 825.